The van der Waals surface area contributed by atoms with Gasteiger partial charge in [0.1, 0.15) is 0 Å². The number of piperidine rings is 1. The number of amides is 1. The number of nitrogens with one attached hydrogen (secondary N) is 1. The van der Waals surface area contributed by atoms with Crippen molar-refractivity contribution < 1.29 is 4.79 Å². The van der Waals surface area contributed by atoms with Crippen molar-refractivity contribution >= 4 is 5.91 Å². The van der Waals surface area contributed by atoms with E-state index in [9.17, 15) is 4.79 Å². The second-order valence-electron chi connectivity index (χ2n) is 6.54. The van der Waals surface area contributed by atoms with Gasteiger partial charge in [-0.2, -0.15) is 0 Å². The molecular formula is C16H32N4O. The van der Waals surface area contributed by atoms with Crippen LogP contribution in [0.3, 0.4) is 0 Å². The Morgan fingerprint density at radius 2 is 1.86 bits per heavy atom. The summed E-state index contributed by atoms with van der Waals surface area (Å²) in [7, 11) is 2.12. The minimum Gasteiger partial charge on any atom is -0.339 e. The first-order valence-electron chi connectivity index (χ1n) is 8.56. The molecule has 2 saturated heterocycles. The van der Waals surface area contributed by atoms with Gasteiger partial charge in [-0.05, 0) is 25.9 Å². The van der Waals surface area contributed by atoms with E-state index in [2.05, 4.69) is 36.0 Å². The molecule has 2 aliphatic rings. The summed E-state index contributed by atoms with van der Waals surface area (Å²) >= 11 is 0. The van der Waals surface area contributed by atoms with Crippen LogP contribution in [0.15, 0.2) is 0 Å². The van der Waals surface area contributed by atoms with Gasteiger partial charge in [-0.1, -0.05) is 20.3 Å². The summed E-state index contributed by atoms with van der Waals surface area (Å²) in [4.78, 5) is 19.1. The van der Waals surface area contributed by atoms with Crippen molar-refractivity contribution in [2.75, 3.05) is 59.4 Å². The number of carbonyl (C=O) groups is 1. The lowest BCUT2D eigenvalue weighted by Gasteiger charge is -2.40. The molecule has 0 spiro atoms. The van der Waals surface area contributed by atoms with Gasteiger partial charge in [-0.15, -0.1) is 0 Å². The molecule has 0 aromatic heterocycles. The Kier molecular flexibility index (Phi) is 6.45. The van der Waals surface area contributed by atoms with Gasteiger partial charge < -0.3 is 15.1 Å². The maximum Gasteiger partial charge on any atom is 0.236 e. The summed E-state index contributed by atoms with van der Waals surface area (Å²) in [5.74, 6) is 0.999. The molecule has 2 heterocycles. The molecule has 0 bridgehead atoms. The van der Waals surface area contributed by atoms with Crippen LogP contribution < -0.4 is 5.32 Å². The molecule has 0 aliphatic carbocycles. The lowest BCUT2D eigenvalue weighted by atomic mass is 9.90. The van der Waals surface area contributed by atoms with Crippen LogP contribution in [0.4, 0.5) is 0 Å². The first-order valence-corrected chi connectivity index (χ1v) is 8.56. The lowest BCUT2D eigenvalue weighted by Crippen LogP contribution is -2.54. The smallest absolute Gasteiger partial charge is 0.236 e. The van der Waals surface area contributed by atoms with Crippen molar-refractivity contribution in [2.45, 2.75) is 32.7 Å². The number of piperazine rings is 1. The van der Waals surface area contributed by atoms with Gasteiger partial charge in [0.2, 0.25) is 5.91 Å². The van der Waals surface area contributed by atoms with Crippen LogP contribution in [-0.2, 0) is 4.79 Å². The third-order valence-electron chi connectivity index (χ3n) is 5.02. The molecule has 0 aromatic rings. The fourth-order valence-corrected chi connectivity index (χ4v) is 3.54. The van der Waals surface area contributed by atoms with Crippen molar-refractivity contribution in [1.82, 2.24) is 20.0 Å². The van der Waals surface area contributed by atoms with E-state index in [0.717, 1.165) is 45.8 Å². The van der Waals surface area contributed by atoms with Gasteiger partial charge in [0.05, 0.1) is 6.54 Å². The van der Waals surface area contributed by atoms with Crippen molar-refractivity contribution in [3.05, 3.63) is 0 Å². The van der Waals surface area contributed by atoms with Crippen LogP contribution in [0.1, 0.15) is 26.7 Å². The largest absolute Gasteiger partial charge is 0.339 e. The highest BCUT2D eigenvalue weighted by Crippen LogP contribution is 2.20. The zero-order valence-electron chi connectivity index (χ0n) is 14.0. The molecule has 21 heavy (non-hydrogen) atoms. The Hall–Kier alpha value is -0.650. The van der Waals surface area contributed by atoms with Crippen molar-refractivity contribution in [3.8, 4) is 0 Å². The molecular weight excluding hydrogens is 264 g/mol. The highest BCUT2D eigenvalue weighted by Gasteiger charge is 2.29. The number of hydrogen-bond acceptors (Lipinski definition) is 4. The Labute approximate surface area is 129 Å². The number of rotatable bonds is 5. The van der Waals surface area contributed by atoms with Gasteiger partial charge in [0, 0.05) is 45.3 Å². The van der Waals surface area contributed by atoms with Crippen LogP contribution in [0, 0.1) is 5.92 Å². The number of likely N-dealkylation sites (N-methyl/N-ethyl adjacent to an activating group) is 1. The molecule has 1 N–H and O–H groups in total. The molecule has 1 amide bonds. The summed E-state index contributed by atoms with van der Waals surface area (Å²) in [6, 6.07) is 0.634. The van der Waals surface area contributed by atoms with Gasteiger partial charge >= 0.3 is 0 Å². The Morgan fingerprint density at radius 1 is 1.14 bits per heavy atom. The van der Waals surface area contributed by atoms with E-state index in [0.29, 0.717) is 24.4 Å². The average Bonchev–Trinajstić information content (AvgIpc) is 2.49. The molecule has 2 unspecified atom stereocenters. The summed E-state index contributed by atoms with van der Waals surface area (Å²) in [5.41, 5.74) is 0. The molecule has 2 atom stereocenters. The third kappa shape index (κ3) is 4.66. The van der Waals surface area contributed by atoms with E-state index in [-0.39, 0.29) is 0 Å². The highest BCUT2D eigenvalue weighted by atomic mass is 16.2. The van der Waals surface area contributed by atoms with E-state index in [1.807, 2.05) is 4.90 Å². The van der Waals surface area contributed by atoms with Gasteiger partial charge in [-0.25, -0.2) is 0 Å². The standard InChI is InChI=1S/C16H32N4O/c1-4-14-12-19(7-6-15(14)17-5-2)13-16(21)20-10-8-18(3)9-11-20/h14-15,17H,4-13H2,1-3H3. The Balaban J connectivity index is 1.79. The zero-order valence-corrected chi connectivity index (χ0v) is 14.0. The molecule has 0 saturated carbocycles. The quantitative estimate of drug-likeness (QED) is 0.800. The first-order chi connectivity index (χ1) is 10.1. The van der Waals surface area contributed by atoms with Gasteiger partial charge in [0.15, 0.2) is 0 Å². The Morgan fingerprint density at radius 3 is 2.48 bits per heavy atom. The van der Waals surface area contributed by atoms with Crippen LogP contribution in [0.2, 0.25) is 0 Å². The fraction of sp³-hybridized carbons (Fsp3) is 0.938. The molecule has 5 heteroatoms. The normalized spacial score (nSPS) is 28.8. The fourth-order valence-electron chi connectivity index (χ4n) is 3.54. The molecule has 5 nitrogen and oxygen atoms in total. The number of nitrogens with zero attached hydrogens (tertiary/aromatic N) is 3. The topological polar surface area (TPSA) is 38.8 Å². The van der Waals surface area contributed by atoms with Crippen LogP contribution in [0.25, 0.3) is 0 Å². The van der Waals surface area contributed by atoms with Crippen LogP contribution in [0.5, 0.6) is 0 Å². The molecule has 2 fully saturated rings. The highest BCUT2D eigenvalue weighted by molar-refractivity contribution is 5.78. The zero-order chi connectivity index (χ0) is 15.2. The Bertz CT molecular complexity index is 328. The second-order valence-corrected chi connectivity index (χ2v) is 6.54. The summed E-state index contributed by atoms with van der Waals surface area (Å²) in [6.07, 6.45) is 2.36. The summed E-state index contributed by atoms with van der Waals surface area (Å²) in [5, 5.41) is 3.60. The van der Waals surface area contributed by atoms with Crippen molar-refractivity contribution in [3.63, 3.8) is 0 Å². The number of likely N-dealkylation sites (tertiary alicyclic amines) is 1. The van der Waals surface area contributed by atoms with E-state index >= 15 is 0 Å². The summed E-state index contributed by atoms with van der Waals surface area (Å²) in [6.45, 7) is 12.0. The maximum atomic E-state index is 12.4. The monoisotopic (exact) mass is 296 g/mol. The van der Waals surface area contributed by atoms with Crippen LogP contribution in [-0.4, -0.2) is 86.1 Å². The minimum atomic E-state index is 0.319. The predicted molar refractivity (Wildman–Crippen MR) is 86.4 cm³/mol. The number of hydrogen-bond donors (Lipinski definition) is 1. The van der Waals surface area contributed by atoms with Gasteiger partial charge in [0.25, 0.3) is 0 Å². The molecule has 122 valence electrons. The SMILES string of the molecule is CCNC1CCN(CC(=O)N2CCN(C)CC2)CC1CC. The third-order valence-corrected chi connectivity index (χ3v) is 5.02. The molecule has 2 aliphatic heterocycles. The lowest BCUT2D eigenvalue weighted by molar-refractivity contribution is -0.134. The maximum absolute atomic E-state index is 12.4. The van der Waals surface area contributed by atoms with E-state index in [1.165, 1.54) is 12.8 Å². The minimum absolute atomic E-state index is 0.319. The first kappa shape index (κ1) is 16.7. The van der Waals surface area contributed by atoms with E-state index < -0.39 is 0 Å². The number of carbonyl (C=O) groups excluding carboxylic acids is 1. The van der Waals surface area contributed by atoms with Crippen molar-refractivity contribution in [1.29, 1.82) is 0 Å². The molecule has 0 radical (unpaired) electrons. The van der Waals surface area contributed by atoms with E-state index in [4.69, 9.17) is 0 Å². The van der Waals surface area contributed by atoms with E-state index in [1.54, 1.807) is 0 Å². The summed E-state index contributed by atoms with van der Waals surface area (Å²) < 4.78 is 0. The van der Waals surface area contributed by atoms with Crippen molar-refractivity contribution in [2.24, 2.45) is 5.92 Å². The predicted octanol–water partition coefficient (Wildman–Crippen LogP) is 0.470. The van der Waals surface area contributed by atoms with Crippen LogP contribution >= 0.6 is 0 Å². The molecule has 2 rings (SSSR count). The van der Waals surface area contributed by atoms with Gasteiger partial charge in [-0.3, -0.25) is 9.69 Å². The average molecular weight is 296 g/mol. The second kappa shape index (κ2) is 8.11. The molecule has 0 aromatic carbocycles.